The molecular formula is C31H39NO5. The largest absolute Gasteiger partial charge is 0.497 e. The minimum absolute atomic E-state index is 0.0117. The van der Waals surface area contributed by atoms with E-state index in [4.69, 9.17) is 14.2 Å². The molecule has 1 heterocycles. The molecule has 6 rings (SSSR count). The Hall–Kier alpha value is -2.41. The molecule has 1 N–H and O–H groups in total. The number of carbonyl (C=O) groups excluding carboxylic acids is 1. The van der Waals surface area contributed by atoms with Crippen molar-refractivity contribution in [3.05, 3.63) is 65.2 Å². The third kappa shape index (κ3) is 4.47. The number of hydrogen-bond donors (Lipinski definition) is 1. The second-order valence-electron chi connectivity index (χ2n) is 11.7. The number of nitrogens with zero attached hydrogens (tertiary/aromatic N) is 1. The summed E-state index contributed by atoms with van der Waals surface area (Å²) >= 11 is 0. The Morgan fingerprint density at radius 1 is 1.11 bits per heavy atom. The Labute approximate surface area is 219 Å². The molecule has 5 atom stereocenters. The number of benzene rings is 2. The van der Waals surface area contributed by atoms with E-state index in [-0.39, 0.29) is 18.1 Å². The fraction of sp³-hybridized carbons (Fsp3) is 0.581. The highest BCUT2D eigenvalue weighted by molar-refractivity contribution is 5.66. The second-order valence-corrected chi connectivity index (χ2v) is 11.7. The zero-order valence-corrected chi connectivity index (χ0v) is 22.0. The van der Waals surface area contributed by atoms with Gasteiger partial charge in [0.25, 0.3) is 0 Å². The maximum absolute atomic E-state index is 13.0. The van der Waals surface area contributed by atoms with Crippen molar-refractivity contribution in [1.82, 2.24) is 4.90 Å². The first-order valence-electron chi connectivity index (χ1n) is 13.9. The highest BCUT2D eigenvalue weighted by Crippen LogP contribution is 2.59. The van der Waals surface area contributed by atoms with Crippen molar-refractivity contribution >= 4 is 5.97 Å². The lowest BCUT2D eigenvalue weighted by atomic mass is 9.50. The summed E-state index contributed by atoms with van der Waals surface area (Å²) in [6, 6.07) is 16.4. The average molecular weight is 506 g/mol. The summed E-state index contributed by atoms with van der Waals surface area (Å²) in [5, 5.41) is 13.0. The Balaban J connectivity index is 1.42. The molecule has 4 aliphatic rings. The Morgan fingerprint density at radius 3 is 2.65 bits per heavy atom. The minimum atomic E-state index is -0.990. The van der Waals surface area contributed by atoms with Crippen LogP contribution < -0.4 is 4.74 Å². The van der Waals surface area contributed by atoms with Crippen LogP contribution in [0.15, 0.2) is 48.5 Å². The molecule has 0 amide bonds. The van der Waals surface area contributed by atoms with Crippen molar-refractivity contribution in [3.8, 4) is 5.75 Å². The van der Waals surface area contributed by atoms with Crippen LogP contribution in [0.25, 0.3) is 0 Å². The number of carbonyl (C=O) groups is 1. The van der Waals surface area contributed by atoms with E-state index in [1.165, 1.54) is 25.3 Å². The number of fused-ring (bicyclic) bond motifs is 1. The van der Waals surface area contributed by atoms with Gasteiger partial charge in [0, 0.05) is 31.3 Å². The highest BCUT2D eigenvalue weighted by Gasteiger charge is 2.66. The SMILES string of the molecule is COc1ccc2c(c1)[C@]13CCCN(CC4CC4)[C@H](C2)[C@]1(O)CC(OCc1ccccc1)C(OC(C)=O)C3. The molecule has 6 heteroatoms. The first-order chi connectivity index (χ1) is 17.9. The topological polar surface area (TPSA) is 68.2 Å². The highest BCUT2D eigenvalue weighted by atomic mass is 16.6. The second kappa shape index (κ2) is 9.72. The lowest BCUT2D eigenvalue weighted by molar-refractivity contribution is -0.208. The Kier molecular flexibility index (Phi) is 6.54. The summed E-state index contributed by atoms with van der Waals surface area (Å²) in [6.07, 6.45) is 5.45. The first kappa shape index (κ1) is 24.9. The van der Waals surface area contributed by atoms with Crippen molar-refractivity contribution in [2.75, 3.05) is 20.2 Å². The summed E-state index contributed by atoms with van der Waals surface area (Å²) in [4.78, 5) is 14.8. The van der Waals surface area contributed by atoms with Gasteiger partial charge in [-0.15, -0.1) is 0 Å². The van der Waals surface area contributed by atoms with E-state index in [0.717, 1.165) is 55.1 Å². The number of aliphatic hydroxyl groups is 1. The molecule has 0 aromatic heterocycles. The van der Waals surface area contributed by atoms with Gasteiger partial charge in [0.05, 0.1) is 25.4 Å². The summed E-state index contributed by atoms with van der Waals surface area (Å²) < 4.78 is 18.1. The smallest absolute Gasteiger partial charge is 0.302 e. The van der Waals surface area contributed by atoms with Crippen LogP contribution in [-0.2, 0) is 32.7 Å². The van der Waals surface area contributed by atoms with Crippen LogP contribution in [0.4, 0.5) is 0 Å². The fourth-order valence-corrected chi connectivity index (χ4v) is 7.52. The van der Waals surface area contributed by atoms with Crippen molar-refractivity contribution in [2.45, 2.75) is 87.7 Å². The van der Waals surface area contributed by atoms with E-state index >= 15 is 0 Å². The normalized spacial score (nSPS) is 33.1. The molecule has 2 unspecified atom stereocenters. The first-order valence-corrected chi connectivity index (χ1v) is 13.9. The van der Waals surface area contributed by atoms with Gasteiger partial charge in [0.2, 0.25) is 0 Å². The standard InChI is InChI=1S/C31H39NO5/c1-21(33)37-28-17-30-13-6-14-32(19-22-9-10-22)29(15-24-11-12-25(35-2)16-26(24)30)31(30,34)18-27(28)36-20-23-7-4-3-5-8-23/h3-5,7-8,11-12,16,22,27-29,34H,6,9-10,13-15,17-20H2,1-2H3/t27?,28?,29-,30-,31-/m1/s1. The molecular weight excluding hydrogens is 466 g/mol. The van der Waals surface area contributed by atoms with Gasteiger partial charge < -0.3 is 19.3 Å². The predicted molar refractivity (Wildman–Crippen MR) is 140 cm³/mol. The third-order valence-electron chi connectivity index (χ3n) is 9.41. The van der Waals surface area contributed by atoms with Crippen molar-refractivity contribution in [1.29, 1.82) is 0 Å². The molecule has 3 aliphatic carbocycles. The number of hydrogen-bond acceptors (Lipinski definition) is 6. The van der Waals surface area contributed by atoms with Gasteiger partial charge in [-0.05, 0) is 79.8 Å². The maximum Gasteiger partial charge on any atom is 0.302 e. The van der Waals surface area contributed by atoms with Gasteiger partial charge in [0.15, 0.2) is 0 Å². The van der Waals surface area contributed by atoms with E-state index in [0.29, 0.717) is 19.4 Å². The Morgan fingerprint density at radius 2 is 1.92 bits per heavy atom. The molecule has 2 saturated carbocycles. The molecule has 2 aromatic carbocycles. The van der Waals surface area contributed by atoms with E-state index in [2.05, 4.69) is 17.0 Å². The molecule has 0 radical (unpaired) electrons. The zero-order valence-electron chi connectivity index (χ0n) is 22.0. The van der Waals surface area contributed by atoms with Crippen LogP contribution in [0.5, 0.6) is 5.75 Å². The van der Waals surface area contributed by atoms with Gasteiger partial charge in [-0.1, -0.05) is 36.4 Å². The molecule has 2 aromatic rings. The van der Waals surface area contributed by atoms with E-state index in [1.807, 2.05) is 36.4 Å². The van der Waals surface area contributed by atoms with Gasteiger partial charge in [-0.2, -0.15) is 0 Å². The molecule has 2 bridgehead atoms. The van der Waals surface area contributed by atoms with Crippen LogP contribution in [0.2, 0.25) is 0 Å². The number of esters is 1. The van der Waals surface area contributed by atoms with Crippen molar-refractivity contribution in [3.63, 3.8) is 0 Å². The molecule has 6 nitrogen and oxygen atoms in total. The van der Waals surface area contributed by atoms with Crippen LogP contribution in [-0.4, -0.2) is 60.0 Å². The molecule has 1 saturated heterocycles. The average Bonchev–Trinajstić information content (AvgIpc) is 3.71. The van der Waals surface area contributed by atoms with Gasteiger partial charge >= 0.3 is 5.97 Å². The van der Waals surface area contributed by atoms with Crippen LogP contribution in [0.1, 0.15) is 62.1 Å². The van der Waals surface area contributed by atoms with Gasteiger partial charge in [0.1, 0.15) is 11.9 Å². The van der Waals surface area contributed by atoms with Gasteiger partial charge in [-0.25, -0.2) is 0 Å². The summed E-state index contributed by atoms with van der Waals surface area (Å²) in [6.45, 7) is 3.94. The lowest BCUT2D eigenvalue weighted by Gasteiger charge is -2.61. The monoisotopic (exact) mass is 505 g/mol. The molecule has 198 valence electrons. The quantitative estimate of drug-likeness (QED) is 0.563. The molecule has 1 aliphatic heterocycles. The van der Waals surface area contributed by atoms with E-state index in [1.54, 1.807) is 7.11 Å². The number of methoxy groups -OCH3 is 1. The van der Waals surface area contributed by atoms with E-state index in [9.17, 15) is 9.90 Å². The molecule has 37 heavy (non-hydrogen) atoms. The summed E-state index contributed by atoms with van der Waals surface area (Å²) in [7, 11) is 1.69. The number of rotatable bonds is 7. The molecule has 3 fully saturated rings. The van der Waals surface area contributed by atoms with Gasteiger partial charge in [-0.3, -0.25) is 9.69 Å². The van der Waals surface area contributed by atoms with Crippen LogP contribution in [0, 0.1) is 5.92 Å². The zero-order chi connectivity index (χ0) is 25.6. The third-order valence-corrected chi connectivity index (χ3v) is 9.41. The lowest BCUT2D eigenvalue weighted by Crippen LogP contribution is -2.71. The van der Waals surface area contributed by atoms with Crippen molar-refractivity contribution in [2.24, 2.45) is 5.92 Å². The Bertz CT molecular complexity index is 1130. The fourth-order valence-electron chi connectivity index (χ4n) is 7.52. The van der Waals surface area contributed by atoms with Crippen LogP contribution in [0.3, 0.4) is 0 Å². The summed E-state index contributed by atoms with van der Waals surface area (Å²) in [5.41, 5.74) is 2.00. The predicted octanol–water partition coefficient (Wildman–Crippen LogP) is 4.41. The maximum atomic E-state index is 13.0. The number of ether oxygens (including phenoxy) is 3. The molecule has 0 spiro atoms. The number of likely N-dealkylation sites (tertiary alicyclic amines) is 1. The van der Waals surface area contributed by atoms with Crippen molar-refractivity contribution < 1.29 is 24.1 Å². The minimum Gasteiger partial charge on any atom is -0.497 e. The van der Waals surface area contributed by atoms with E-state index < -0.39 is 17.1 Å². The van der Waals surface area contributed by atoms with Crippen LogP contribution >= 0.6 is 0 Å². The summed E-state index contributed by atoms with van der Waals surface area (Å²) in [5.74, 6) is 1.25.